The molecule has 8 rings (SSSR count). The SMILES string of the molecule is CO[C@H]1/C=C\C=C(/C)C(=O)NC2=CC(=O)C(NCCN(Cc3cccc4ccccc34)C34CC5CC(CC(C5)C3)C4)=C(C[C@@H](C)C[C@H](OC)[C@H](O)[C@@H](C)/C=C(\C)[C@@H]1OC(N)=O)C2=O. The van der Waals surface area contributed by atoms with Gasteiger partial charge in [0.2, 0.25) is 11.6 Å². The number of ether oxygens (including phenoxy) is 3. The van der Waals surface area contributed by atoms with Crippen LogP contribution in [0.2, 0.25) is 0 Å². The second kappa shape index (κ2) is 19.9. The van der Waals surface area contributed by atoms with E-state index >= 15 is 0 Å². The van der Waals surface area contributed by atoms with Gasteiger partial charge in [0.25, 0.3) is 5.91 Å². The van der Waals surface area contributed by atoms with Crippen LogP contribution >= 0.6 is 0 Å². The van der Waals surface area contributed by atoms with E-state index in [2.05, 4.69) is 58.0 Å². The Morgan fingerprint density at radius 3 is 2.30 bits per heavy atom. The number of carbonyl (C=O) groups is 4. The minimum absolute atomic E-state index is 0.0873. The summed E-state index contributed by atoms with van der Waals surface area (Å²) in [5.41, 5.74) is 8.13. The molecule has 0 unspecified atom stereocenters. The van der Waals surface area contributed by atoms with Gasteiger partial charge in [-0.25, -0.2) is 4.79 Å². The van der Waals surface area contributed by atoms with E-state index in [1.54, 1.807) is 38.2 Å². The average molecular weight is 863 g/mol. The van der Waals surface area contributed by atoms with E-state index in [1.807, 2.05) is 13.8 Å². The zero-order chi connectivity index (χ0) is 45.0. The van der Waals surface area contributed by atoms with Crippen LogP contribution in [-0.4, -0.2) is 90.8 Å². The van der Waals surface area contributed by atoms with Crippen molar-refractivity contribution in [2.45, 2.75) is 116 Å². The molecular weight excluding hydrogens is 797 g/mol. The lowest BCUT2D eigenvalue weighted by Gasteiger charge is -2.60. The van der Waals surface area contributed by atoms with Gasteiger partial charge in [-0.05, 0) is 111 Å². The summed E-state index contributed by atoms with van der Waals surface area (Å²) in [5.74, 6) is 0.202. The van der Waals surface area contributed by atoms with Gasteiger partial charge < -0.3 is 35.7 Å². The van der Waals surface area contributed by atoms with Gasteiger partial charge in [0.1, 0.15) is 6.10 Å². The minimum atomic E-state index is -0.993. The summed E-state index contributed by atoms with van der Waals surface area (Å²) in [6, 6.07) is 15.1. The summed E-state index contributed by atoms with van der Waals surface area (Å²) < 4.78 is 17.0. The third-order valence-corrected chi connectivity index (χ3v) is 14.4. The first-order valence-electron chi connectivity index (χ1n) is 22.7. The van der Waals surface area contributed by atoms with Crippen molar-refractivity contribution in [2.24, 2.45) is 35.3 Å². The molecule has 12 heteroatoms. The number of carbonyl (C=O) groups excluding carboxylic acids is 4. The van der Waals surface area contributed by atoms with E-state index < -0.39 is 48.1 Å². The van der Waals surface area contributed by atoms with Crippen LogP contribution < -0.4 is 16.4 Å². The molecule has 63 heavy (non-hydrogen) atoms. The number of aliphatic hydroxyl groups excluding tert-OH is 1. The average Bonchev–Trinajstić information content (AvgIpc) is 3.24. The maximum absolute atomic E-state index is 14.5. The van der Waals surface area contributed by atoms with Crippen LogP contribution in [0.5, 0.6) is 0 Å². The van der Waals surface area contributed by atoms with Crippen LogP contribution in [0.25, 0.3) is 10.8 Å². The number of ketones is 2. The Balaban J connectivity index is 1.18. The first kappa shape index (κ1) is 46.1. The number of allylic oxidation sites excluding steroid dienone is 4. The molecule has 1 aliphatic heterocycles. The van der Waals surface area contributed by atoms with Gasteiger partial charge in [0, 0.05) is 62.5 Å². The number of nitrogens with two attached hydrogens (primary N) is 1. The Labute approximate surface area is 372 Å². The van der Waals surface area contributed by atoms with E-state index in [9.17, 15) is 24.3 Å². The van der Waals surface area contributed by atoms with E-state index in [1.165, 1.54) is 75.2 Å². The van der Waals surface area contributed by atoms with Crippen molar-refractivity contribution in [2.75, 3.05) is 27.3 Å². The molecule has 338 valence electrons. The molecule has 5 N–H and O–H groups in total. The topological polar surface area (TPSA) is 170 Å². The number of nitrogens with zero attached hydrogens (tertiary/aromatic N) is 1. The number of benzene rings is 2. The van der Waals surface area contributed by atoms with Gasteiger partial charge in [0.15, 0.2) is 6.10 Å². The van der Waals surface area contributed by atoms with E-state index in [0.717, 1.165) is 24.3 Å². The number of fused-ring (bicyclic) bond motifs is 3. The first-order chi connectivity index (χ1) is 30.2. The Morgan fingerprint density at radius 1 is 0.952 bits per heavy atom. The fourth-order valence-corrected chi connectivity index (χ4v) is 11.7. The zero-order valence-electron chi connectivity index (χ0n) is 37.7. The molecule has 4 saturated carbocycles. The molecular formula is C51H66N4O8. The summed E-state index contributed by atoms with van der Waals surface area (Å²) in [6.45, 7) is 9.09. The predicted octanol–water partition coefficient (Wildman–Crippen LogP) is 6.98. The van der Waals surface area contributed by atoms with Crippen molar-refractivity contribution in [3.8, 4) is 0 Å². The normalized spacial score (nSPS) is 33.9. The largest absolute Gasteiger partial charge is 0.439 e. The maximum atomic E-state index is 14.5. The molecule has 4 fully saturated rings. The molecule has 0 aromatic heterocycles. The van der Waals surface area contributed by atoms with Gasteiger partial charge in [-0.3, -0.25) is 19.3 Å². The Bertz CT molecular complexity index is 2180. The van der Waals surface area contributed by atoms with Crippen molar-refractivity contribution >= 4 is 34.3 Å². The van der Waals surface area contributed by atoms with E-state index in [4.69, 9.17) is 19.9 Å². The fraction of sp³-hybridized carbons (Fsp3) is 0.529. The van der Waals surface area contributed by atoms with Crippen LogP contribution in [0.3, 0.4) is 0 Å². The van der Waals surface area contributed by atoms with Crippen molar-refractivity contribution in [1.82, 2.24) is 15.5 Å². The second-order valence-electron chi connectivity index (χ2n) is 19.1. The number of nitrogens with one attached hydrogen (secondary N) is 2. The van der Waals surface area contributed by atoms with E-state index in [-0.39, 0.29) is 40.6 Å². The number of aliphatic hydroxyl groups is 1. The molecule has 0 radical (unpaired) electrons. The molecule has 6 aliphatic rings. The molecule has 0 saturated heterocycles. The minimum Gasteiger partial charge on any atom is -0.439 e. The summed E-state index contributed by atoms with van der Waals surface area (Å²) >= 11 is 0. The highest BCUT2D eigenvalue weighted by molar-refractivity contribution is 6.23. The summed E-state index contributed by atoms with van der Waals surface area (Å²) in [5, 5.41) is 20.3. The molecule has 5 aliphatic carbocycles. The molecule has 6 bridgehead atoms. The van der Waals surface area contributed by atoms with Gasteiger partial charge in [-0.2, -0.15) is 0 Å². The van der Waals surface area contributed by atoms with Crippen LogP contribution in [0.15, 0.2) is 101 Å². The highest BCUT2D eigenvalue weighted by Crippen LogP contribution is 2.58. The molecule has 2 amide bonds. The predicted molar refractivity (Wildman–Crippen MR) is 243 cm³/mol. The number of hydrogen-bond acceptors (Lipinski definition) is 10. The number of hydrogen-bond donors (Lipinski definition) is 4. The number of rotatable bonds is 10. The standard InChI is InChI=1S/C51H66N4O8/c1-30-19-40-45(53-17-18-55(29-38-14-10-13-37-12-7-8-15-39(37)38)51-26-34-22-35(27-51)24-36(23-34)28-51)42(56)25-41(47(40)58)54-49(59)31(2)11-9-16-43(61-5)48(63-50(52)60)33(4)21-32(3)46(57)44(20-30)62-6/h7-16,21,25,30,32,34-36,43-44,46,48,53,57H,17-20,22-24,26-29H2,1-6H3,(H2,52,60)(H,54,59)/b16-9-,31-11+,33-21+/t30-,32+,34?,35?,36?,43+,44+,46-,48+,51?/m1/s1. The van der Waals surface area contributed by atoms with Gasteiger partial charge in [0.05, 0.1) is 23.6 Å². The smallest absolute Gasteiger partial charge is 0.405 e. The van der Waals surface area contributed by atoms with Crippen molar-refractivity contribution in [3.05, 3.63) is 107 Å². The molecule has 0 spiro atoms. The highest BCUT2D eigenvalue weighted by Gasteiger charge is 2.53. The lowest BCUT2D eigenvalue weighted by molar-refractivity contribution is -0.120. The van der Waals surface area contributed by atoms with Crippen LogP contribution in [0.1, 0.15) is 84.6 Å². The van der Waals surface area contributed by atoms with Gasteiger partial charge in [-0.1, -0.05) is 80.6 Å². The van der Waals surface area contributed by atoms with E-state index in [0.29, 0.717) is 30.7 Å². The van der Waals surface area contributed by atoms with Crippen molar-refractivity contribution < 1.29 is 38.5 Å². The highest BCUT2D eigenvalue weighted by atomic mass is 16.6. The third-order valence-electron chi connectivity index (χ3n) is 14.4. The number of primary amides is 1. The van der Waals surface area contributed by atoms with Crippen LogP contribution in [0, 0.1) is 29.6 Å². The Morgan fingerprint density at radius 2 is 1.63 bits per heavy atom. The molecule has 6 atom stereocenters. The summed E-state index contributed by atoms with van der Waals surface area (Å²) in [4.78, 5) is 56.9. The quantitative estimate of drug-likeness (QED) is 0.145. The number of Topliss-reactive ketones (excluding diaryl/α,β-unsaturated/α-hetero) is 1. The lowest BCUT2D eigenvalue weighted by Crippen LogP contribution is -2.60. The maximum Gasteiger partial charge on any atom is 0.405 e. The number of amides is 2. The molecule has 1 heterocycles. The molecule has 2 aromatic carbocycles. The van der Waals surface area contributed by atoms with Gasteiger partial charge >= 0.3 is 6.09 Å². The Kier molecular flexibility index (Phi) is 14.6. The van der Waals surface area contributed by atoms with Crippen molar-refractivity contribution in [1.29, 1.82) is 0 Å². The van der Waals surface area contributed by atoms with Crippen molar-refractivity contribution in [3.63, 3.8) is 0 Å². The number of methoxy groups -OCH3 is 2. The summed E-state index contributed by atoms with van der Waals surface area (Å²) in [6.07, 6.45) is 11.6. The molecule has 2 aromatic rings. The zero-order valence-corrected chi connectivity index (χ0v) is 37.7. The monoisotopic (exact) mass is 862 g/mol. The second-order valence-corrected chi connectivity index (χ2v) is 19.1. The fourth-order valence-electron chi connectivity index (χ4n) is 11.7. The lowest BCUT2D eigenvalue weighted by atomic mass is 9.52. The van der Waals surface area contributed by atoms with Crippen LogP contribution in [-0.2, 0) is 35.1 Å². The molecule has 12 nitrogen and oxygen atoms in total. The van der Waals surface area contributed by atoms with Crippen LogP contribution in [0.4, 0.5) is 4.79 Å². The van der Waals surface area contributed by atoms with Gasteiger partial charge in [-0.15, -0.1) is 0 Å². The third kappa shape index (κ3) is 10.4. The summed E-state index contributed by atoms with van der Waals surface area (Å²) in [7, 11) is 2.99. The Hall–Kier alpha value is -4.88. The first-order valence-corrected chi connectivity index (χ1v) is 22.7.